The van der Waals surface area contributed by atoms with Gasteiger partial charge in [-0.15, -0.1) is 0 Å². The van der Waals surface area contributed by atoms with E-state index in [1.165, 1.54) is 0 Å². The summed E-state index contributed by atoms with van der Waals surface area (Å²) in [5.74, 6) is 0.0956. The second-order valence-corrected chi connectivity index (χ2v) is 10.8. The number of nitrogens with zero attached hydrogens (tertiary/aromatic N) is 3. The Kier molecular flexibility index (Phi) is 5.07. The highest BCUT2D eigenvalue weighted by Crippen LogP contribution is 2.53. The van der Waals surface area contributed by atoms with Gasteiger partial charge in [-0.3, -0.25) is 9.59 Å². The molecule has 8 nitrogen and oxygen atoms in total. The summed E-state index contributed by atoms with van der Waals surface area (Å²) >= 11 is 0. The van der Waals surface area contributed by atoms with Crippen LogP contribution in [0.2, 0.25) is 0 Å². The van der Waals surface area contributed by atoms with E-state index in [-0.39, 0.29) is 40.3 Å². The third-order valence-electron chi connectivity index (χ3n) is 7.95. The van der Waals surface area contributed by atoms with Crippen molar-refractivity contribution >= 4 is 17.2 Å². The minimum Gasteiger partial charge on any atom is -0.490 e. The Hall–Kier alpha value is -3.13. The van der Waals surface area contributed by atoms with Crippen LogP contribution in [0.15, 0.2) is 41.6 Å². The molecule has 3 atom stereocenters. The van der Waals surface area contributed by atoms with Gasteiger partial charge in [0.2, 0.25) is 0 Å². The molecule has 3 fully saturated rings. The highest BCUT2D eigenvalue weighted by molar-refractivity contribution is 6.06. The fourth-order valence-corrected chi connectivity index (χ4v) is 5.52. The van der Waals surface area contributed by atoms with Crippen molar-refractivity contribution in [2.45, 2.75) is 82.5 Å². The zero-order valence-corrected chi connectivity index (χ0v) is 20.5. The molecular formula is C27H32N4O4. The van der Waals surface area contributed by atoms with Crippen molar-refractivity contribution in [3.8, 4) is 5.75 Å². The van der Waals surface area contributed by atoms with Crippen molar-refractivity contribution in [1.82, 2.24) is 14.0 Å². The van der Waals surface area contributed by atoms with Crippen molar-refractivity contribution in [2.75, 3.05) is 11.9 Å². The lowest BCUT2D eigenvalue weighted by Crippen LogP contribution is -2.26. The predicted octanol–water partition coefficient (Wildman–Crippen LogP) is 4.47. The van der Waals surface area contributed by atoms with Gasteiger partial charge in [0.15, 0.2) is 0 Å². The number of aromatic nitrogens is 3. The number of carbonyl (C=O) groups excluding carboxylic acids is 1. The molecule has 3 aromatic heterocycles. The van der Waals surface area contributed by atoms with Crippen LogP contribution in [0.3, 0.4) is 0 Å². The third-order valence-corrected chi connectivity index (χ3v) is 7.95. The summed E-state index contributed by atoms with van der Waals surface area (Å²) in [6.45, 7) is 6.87. The predicted molar refractivity (Wildman–Crippen MR) is 132 cm³/mol. The molecular weight excluding hydrogens is 444 g/mol. The highest BCUT2D eigenvalue weighted by atomic mass is 16.5. The molecule has 0 radical (unpaired) electrons. The summed E-state index contributed by atoms with van der Waals surface area (Å²) in [6, 6.07) is 5.52. The Morgan fingerprint density at radius 3 is 2.83 bits per heavy atom. The van der Waals surface area contributed by atoms with Gasteiger partial charge in [0.05, 0.1) is 29.6 Å². The molecule has 1 saturated heterocycles. The van der Waals surface area contributed by atoms with E-state index in [1.807, 2.05) is 30.5 Å². The number of hydrogen-bond acceptors (Lipinski definition) is 5. The minimum absolute atomic E-state index is 0.0608. The number of carbonyl (C=O) groups is 1. The topological polar surface area (TPSA) is 86.9 Å². The molecule has 184 valence electrons. The lowest BCUT2D eigenvalue weighted by atomic mass is 9.84. The van der Waals surface area contributed by atoms with Gasteiger partial charge >= 0.3 is 0 Å². The van der Waals surface area contributed by atoms with Crippen LogP contribution in [0.4, 0.5) is 5.69 Å². The van der Waals surface area contributed by atoms with Crippen LogP contribution in [0, 0.1) is 0 Å². The molecule has 0 spiro atoms. The second-order valence-electron chi connectivity index (χ2n) is 10.8. The normalized spacial score (nSPS) is 26.3. The van der Waals surface area contributed by atoms with Gasteiger partial charge in [0, 0.05) is 36.1 Å². The summed E-state index contributed by atoms with van der Waals surface area (Å²) in [6.07, 6.45) is 11.3. The molecule has 3 aromatic rings. The molecule has 1 amide bonds. The molecule has 4 heterocycles. The molecule has 2 aliphatic carbocycles. The number of amides is 1. The number of anilines is 1. The maximum absolute atomic E-state index is 13.4. The molecule has 35 heavy (non-hydrogen) atoms. The first-order valence-corrected chi connectivity index (χ1v) is 12.7. The van der Waals surface area contributed by atoms with Crippen LogP contribution in [-0.4, -0.2) is 38.2 Å². The van der Waals surface area contributed by atoms with E-state index in [0.29, 0.717) is 17.9 Å². The molecule has 2 bridgehead atoms. The summed E-state index contributed by atoms with van der Waals surface area (Å²) in [5, 5.41) is 2.83. The number of nitrogens with one attached hydrogen (secondary N) is 1. The molecule has 0 aromatic carbocycles. The van der Waals surface area contributed by atoms with E-state index in [2.05, 4.69) is 12.2 Å². The molecule has 2 saturated carbocycles. The van der Waals surface area contributed by atoms with Gasteiger partial charge in [-0.1, -0.05) is 6.92 Å². The average Bonchev–Trinajstić information content (AvgIpc) is 3.37. The number of rotatable bonds is 7. The Bertz CT molecular complexity index is 1360. The van der Waals surface area contributed by atoms with Crippen LogP contribution in [0.1, 0.15) is 81.4 Å². The molecule has 1 aliphatic heterocycles. The van der Waals surface area contributed by atoms with Gasteiger partial charge in [0.25, 0.3) is 11.5 Å². The monoisotopic (exact) mass is 476 g/mol. The molecule has 1 N–H and O–H groups in total. The Balaban J connectivity index is 1.37. The van der Waals surface area contributed by atoms with Crippen molar-refractivity contribution in [3.05, 3.63) is 58.4 Å². The SMILES string of the molecule is CCC(C)Oc1cc2nc([C@@]34CCC(C)(C3)OC4)cn2cc1C(=O)Nc1cccn(C2CC2)c1=O. The summed E-state index contributed by atoms with van der Waals surface area (Å²) in [4.78, 5) is 31.3. The summed E-state index contributed by atoms with van der Waals surface area (Å²) in [5.41, 5.74) is 2.08. The van der Waals surface area contributed by atoms with Crippen LogP contribution in [0.25, 0.3) is 5.65 Å². The lowest BCUT2D eigenvalue weighted by molar-refractivity contribution is -0.00627. The third kappa shape index (κ3) is 3.84. The first-order valence-electron chi connectivity index (χ1n) is 12.7. The van der Waals surface area contributed by atoms with Gasteiger partial charge in [-0.05, 0) is 64.5 Å². The Morgan fingerprint density at radius 2 is 2.17 bits per heavy atom. The van der Waals surface area contributed by atoms with Crippen LogP contribution >= 0.6 is 0 Å². The van der Waals surface area contributed by atoms with Crippen molar-refractivity contribution in [3.63, 3.8) is 0 Å². The maximum Gasteiger partial charge on any atom is 0.274 e. The summed E-state index contributed by atoms with van der Waals surface area (Å²) in [7, 11) is 0. The van der Waals surface area contributed by atoms with E-state index >= 15 is 0 Å². The van der Waals surface area contributed by atoms with Crippen molar-refractivity contribution in [1.29, 1.82) is 0 Å². The number of imidazole rings is 1. The van der Waals surface area contributed by atoms with Crippen LogP contribution in [-0.2, 0) is 10.2 Å². The van der Waals surface area contributed by atoms with E-state index in [1.54, 1.807) is 29.1 Å². The largest absolute Gasteiger partial charge is 0.490 e. The number of hydrogen-bond donors (Lipinski definition) is 1. The highest BCUT2D eigenvalue weighted by Gasteiger charge is 2.55. The first-order chi connectivity index (χ1) is 16.8. The fraction of sp³-hybridized carbons (Fsp3) is 0.519. The van der Waals surface area contributed by atoms with Crippen molar-refractivity contribution in [2.24, 2.45) is 0 Å². The van der Waals surface area contributed by atoms with E-state index < -0.39 is 0 Å². The molecule has 6 rings (SSSR count). The van der Waals surface area contributed by atoms with Crippen LogP contribution < -0.4 is 15.6 Å². The van der Waals surface area contributed by atoms with Crippen LogP contribution in [0.5, 0.6) is 5.75 Å². The number of ether oxygens (including phenoxy) is 2. The summed E-state index contributed by atoms with van der Waals surface area (Å²) < 4.78 is 15.8. The molecule has 8 heteroatoms. The number of fused-ring (bicyclic) bond motifs is 3. The van der Waals surface area contributed by atoms with E-state index in [4.69, 9.17) is 14.5 Å². The maximum atomic E-state index is 13.4. The zero-order valence-electron chi connectivity index (χ0n) is 20.5. The van der Waals surface area contributed by atoms with Gasteiger partial charge in [-0.2, -0.15) is 0 Å². The van der Waals surface area contributed by atoms with Crippen molar-refractivity contribution < 1.29 is 14.3 Å². The van der Waals surface area contributed by atoms with Gasteiger partial charge < -0.3 is 23.8 Å². The quantitative estimate of drug-likeness (QED) is 0.544. The number of pyridine rings is 2. The lowest BCUT2D eigenvalue weighted by Gasteiger charge is -2.24. The first kappa shape index (κ1) is 22.3. The smallest absolute Gasteiger partial charge is 0.274 e. The molecule has 3 aliphatic rings. The standard InChI is InChI=1S/C27H32N4O4/c1-4-17(2)35-21-12-23-29-22(27-10-9-26(3,15-27)34-16-27)14-30(23)13-19(21)24(32)28-20-6-5-11-31(25(20)33)18-7-8-18/h5-6,11-14,17-18H,4,7-10,15-16H2,1-3H3,(H,28,32)/t17?,26?,27-/m0/s1. The Morgan fingerprint density at radius 1 is 1.34 bits per heavy atom. The van der Waals surface area contributed by atoms with Gasteiger partial charge in [-0.25, -0.2) is 4.98 Å². The average molecular weight is 477 g/mol. The minimum atomic E-state index is -0.373. The second kappa shape index (κ2) is 7.95. The Labute approximate surface area is 204 Å². The zero-order chi connectivity index (χ0) is 24.4. The van der Waals surface area contributed by atoms with E-state index in [9.17, 15) is 9.59 Å². The fourth-order valence-electron chi connectivity index (χ4n) is 5.52. The van der Waals surface area contributed by atoms with E-state index in [0.717, 1.165) is 49.9 Å². The van der Waals surface area contributed by atoms with Gasteiger partial charge in [0.1, 0.15) is 17.1 Å². The molecule has 2 unspecified atom stereocenters.